The molecule has 1 fully saturated rings. The lowest BCUT2D eigenvalue weighted by atomic mass is 10.0. The Labute approximate surface area is 172 Å². The van der Waals surface area contributed by atoms with Crippen molar-refractivity contribution in [3.05, 3.63) is 82.9 Å². The molecule has 0 radical (unpaired) electrons. The van der Waals surface area contributed by atoms with Gasteiger partial charge in [-0.15, -0.1) is 10.2 Å². The molecule has 29 heavy (non-hydrogen) atoms. The fourth-order valence-corrected chi connectivity index (χ4v) is 4.35. The van der Waals surface area contributed by atoms with E-state index in [-0.39, 0.29) is 11.9 Å². The summed E-state index contributed by atoms with van der Waals surface area (Å²) in [6.45, 7) is 5.71. The molecule has 4 rings (SSSR count). The van der Waals surface area contributed by atoms with Crippen LogP contribution in [0.4, 0.5) is 0 Å². The van der Waals surface area contributed by atoms with Crippen LogP contribution in [0.15, 0.2) is 54.9 Å². The third-order valence-electron chi connectivity index (χ3n) is 5.70. The Morgan fingerprint density at radius 2 is 1.86 bits per heavy atom. The lowest BCUT2D eigenvalue weighted by Gasteiger charge is -2.25. The van der Waals surface area contributed by atoms with Gasteiger partial charge in [-0.05, 0) is 50.8 Å². The first-order valence-electron chi connectivity index (χ1n) is 10.4. The predicted octanol–water partition coefficient (Wildman–Crippen LogP) is 4.18. The summed E-state index contributed by atoms with van der Waals surface area (Å²) in [4.78, 5) is 15.2. The van der Waals surface area contributed by atoms with Crippen molar-refractivity contribution in [2.75, 3.05) is 6.54 Å². The molecule has 1 saturated heterocycles. The highest BCUT2D eigenvalue weighted by atomic mass is 16.2. The molecule has 150 valence electrons. The number of carbonyl (C=O) groups is 1. The van der Waals surface area contributed by atoms with Crippen molar-refractivity contribution in [3.8, 4) is 0 Å². The monoisotopic (exact) mass is 388 g/mol. The number of amides is 1. The van der Waals surface area contributed by atoms with Crippen LogP contribution in [0.3, 0.4) is 0 Å². The van der Waals surface area contributed by atoms with Gasteiger partial charge in [-0.1, -0.05) is 47.5 Å². The molecule has 5 heteroatoms. The van der Waals surface area contributed by atoms with Crippen LogP contribution in [0.25, 0.3) is 0 Å². The molecule has 0 saturated carbocycles. The zero-order chi connectivity index (χ0) is 20.2. The SMILES string of the molecule is Cc1cc(C)cc(C(=O)N2CCCC2CCc2nncn2Cc2ccccc2)c1. The van der Waals surface area contributed by atoms with E-state index in [9.17, 15) is 4.79 Å². The fraction of sp³-hybridized carbons (Fsp3) is 0.375. The first-order valence-corrected chi connectivity index (χ1v) is 10.4. The minimum Gasteiger partial charge on any atom is -0.336 e. The van der Waals surface area contributed by atoms with E-state index in [0.717, 1.165) is 61.3 Å². The smallest absolute Gasteiger partial charge is 0.254 e. The summed E-state index contributed by atoms with van der Waals surface area (Å²) in [7, 11) is 0. The van der Waals surface area contributed by atoms with Gasteiger partial charge in [0.1, 0.15) is 12.2 Å². The zero-order valence-electron chi connectivity index (χ0n) is 17.2. The molecule has 0 bridgehead atoms. The average molecular weight is 389 g/mol. The molecule has 2 heterocycles. The molecule has 0 aliphatic carbocycles. The molecular formula is C24H28N4O. The Bertz CT molecular complexity index is 959. The summed E-state index contributed by atoms with van der Waals surface area (Å²) in [6.07, 6.45) is 5.68. The molecule has 1 atom stereocenters. The first kappa shape index (κ1) is 19.4. The van der Waals surface area contributed by atoms with E-state index in [0.29, 0.717) is 0 Å². The van der Waals surface area contributed by atoms with Crippen LogP contribution < -0.4 is 0 Å². The summed E-state index contributed by atoms with van der Waals surface area (Å²) in [5.74, 6) is 1.14. The van der Waals surface area contributed by atoms with E-state index in [1.54, 1.807) is 6.33 Å². The molecule has 0 N–H and O–H groups in total. The maximum absolute atomic E-state index is 13.1. The minimum absolute atomic E-state index is 0.157. The van der Waals surface area contributed by atoms with Crippen LogP contribution in [0.2, 0.25) is 0 Å². The van der Waals surface area contributed by atoms with Gasteiger partial charge in [0, 0.05) is 24.6 Å². The number of carbonyl (C=O) groups excluding carboxylic acids is 1. The second kappa shape index (κ2) is 8.60. The van der Waals surface area contributed by atoms with Gasteiger partial charge in [-0.2, -0.15) is 0 Å². The molecule has 1 aromatic heterocycles. The van der Waals surface area contributed by atoms with Crippen molar-refractivity contribution >= 4 is 5.91 Å². The van der Waals surface area contributed by atoms with Crippen LogP contribution in [0, 0.1) is 13.8 Å². The second-order valence-electron chi connectivity index (χ2n) is 8.07. The Morgan fingerprint density at radius 1 is 1.10 bits per heavy atom. The average Bonchev–Trinajstić information content (AvgIpc) is 3.35. The molecule has 2 aromatic carbocycles. The third-order valence-corrected chi connectivity index (χ3v) is 5.70. The minimum atomic E-state index is 0.157. The lowest BCUT2D eigenvalue weighted by molar-refractivity contribution is 0.0730. The van der Waals surface area contributed by atoms with Gasteiger partial charge in [0.2, 0.25) is 0 Å². The molecule has 3 aromatic rings. The number of aromatic nitrogens is 3. The normalized spacial score (nSPS) is 16.3. The van der Waals surface area contributed by atoms with Crippen LogP contribution >= 0.6 is 0 Å². The van der Waals surface area contributed by atoms with Crippen molar-refractivity contribution in [1.29, 1.82) is 0 Å². The van der Waals surface area contributed by atoms with Gasteiger partial charge in [-0.3, -0.25) is 4.79 Å². The van der Waals surface area contributed by atoms with Crippen LogP contribution in [-0.4, -0.2) is 38.2 Å². The lowest BCUT2D eigenvalue weighted by Crippen LogP contribution is -2.36. The molecule has 1 unspecified atom stereocenters. The van der Waals surface area contributed by atoms with E-state index in [1.165, 1.54) is 5.56 Å². The van der Waals surface area contributed by atoms with Crippen LogP contribution in [0.5, 0.6) is 0 Å². The van der Waals surface area contributed by atoms with Gasteiger partial charge in [0.05, 0.1) is 6.54 Å². The zero-order valence-corrected chi connectivity index (χ0v) is 17.2. The van der Waals surface area contributed by atoms with Gasteiger partial charge in [0.25, 0.3) is 5.91 Å². The summed E-state index contributed by atoms with van der Waals surface area (Å²) < 4.78 is 2.11. The number of hydrogen-bond acceptors (Lipinski definition) is 3. The first-order chi connectivity index (χ1) is 14.1. The molecular weight excluding hydrogens is 360 g/mol. The van der Waals surface area contributed by atoms with Gasteiger partial charge < -0.3 is 9.47 Å². The standard InChI is InChI=1S/C24H28N4O/c1-18-13-19(2)15-21(14-18)24(29)28-12-6-9-22(28)10-11-23-26-25-17-27(23)16-20-7-4-3-5-8-20/h3-5,7-8,13-15,17,22H,6,9-12,16H2,1-2H3. The Balaban J connectivity index is 1.42. The van der Waals surface area contributed by atoms with Gasteiger partial charge in [-0.25, -0.2) is 0 Å². The maximum atomic E-state index is 13.1. The third kappa shape index (κ3) is 4.56. The molecule has 1 aliphatic rings. The highest BCUT2D eigenvalue weighted by molar-refractivity contribution is 5.95. The predicted molar refractivity (Wildman–Crippen MR) is 114 cm³/mol. The van der Waals surface area contributed by atoms with Gasteiger partial charge >= 0.3 is 0 Å². The Kier molecular flexibility index (Phi) is 5.74. The topological polar surface area (TPSA) is 51.0 Å². The van der Waals surface area contributed by atoms with E-state index in [2.05, 4.69) is 37.9 Å². The quantitative estimate of drug-likeness (QED) is 0.636. The molecule has 1 amide bonds. The van der Waals surface area contributed by atoms with E-state index >= 15 is 0 Å². The molecule has 1 aliphatic heterocycles. The number of rotatable bonds is 6. The summed E-state index contributed by atoms with van der Waals surface area (Å²) >= 11 is 0. The number of nitrogens with zero attached hydrogens (tertiary/aromatic N) is 4. The summed E-state index contributed by atoms with van der Waals surface area (Å²) in [5, 5.41) is 8.45. The van der Waals surface area contributed by atoms with Crippen LogP contribution in [-0.2, 0) is 13.0 Å². The highest BCUT2D eigenvalue weighted by Gasteiger charge is 2.29. The van der Waals surface area contributed by atoms with Crippen molar-refractivity contribution in [1.82, 2.24) is 19.7 Å². The van der Waals surface area contributed by atoms with E-state index in [4.69, 9.17) is 0 Å². The maximum Gasteiger partial charge on any atom is 0.254 e. The Hall–Kier alpha value is -2.95. The Morgan fingerprint density at radius 3 is 2.62 bits per heavy atom. The number of benzene rings is 2. The number of hydrogen-bond donors (Lipinski definition) is 0. The molecule has 5 nitrogen and oxygen atoms in total. The van der Waals surface area contributed by atoms with Crippen molar-refractivity contribution in [2.24, 2.45) is 0 Å². The fourth-order valence-electron chi connectivity index (χ4n) is 4.35. The van der Waals surface area contributed by atoms with Crippen LogP contribution in [0.1, 0.15) is 52.1 Å². The van der Waals surface area contributed by atoms with Crippen molar-refractivity contribution in [3.63, 3.8) is 0 Å². The van der Waals surface area contributed by atoms with Crippen molar-refractivity contribution in [2.45, 2.75) is 52.1 Å². The van der Waals surface area contributed by atoms with E-state index in [1.807, 2.05) is 44.2 Å². The number of aryl methyl sites for hydroxylation is 3. The second-order valence-corrected chi connectivity index (χ2v) is 8.07. The highest BCUT2D eigenvalue weighted by Crippen LogP contribution is 2.24. The van der Waals surface area contributed by atoms with Gasteiger partial charge in [0.15, 0.2) is 0 Å². The summed E-state index contributed by atoms with van der Waals surface area (Å²) in [5.41, 5.74) is 4.32. The van der Waals surface area contributed by atoms with Crippen molar-refractivity contribution < 1.29 is 4.79 Å². The summed E-state index contributed by atoms with van der Waals surface area (Å²) in [6, 6.07) is 16.7. The molecule has 0 spiro atoms. The van der Waals surface area contributed by atoms with E-state index < -0.39 is 0 Å². The number of likely N-dealkylation sites (tertiary alicyclic amines) is 1. The largest absolute Gasteiger partial charge is 0.336 e.